The van der Waals surface area contributed by atoms with Gasteiger partial charge in [0.2, 0.25) is 0 Å². The predicted octanol–water partition coefficient (Wildman–Crippen LogP) is 4.29. The third-order valence-electron chi connectivity index (χ3n) is 6.29. The number of aliphatic imine (C=N–C) groups is 1. The molecular formula is C21H31N5S. The Morgan fingerprint density at radius 2 is 2.26 bits per heavy atom. The SMILES string of the molecule is C=C(/N=C(\C=C/C)Sc1cc(C2CCCC2)[nH]n1)N1CC2(CNC)CC1C2. The summed E-state index contributed by atoms with van der Waals surface area (Å²) in [5, 5.41) is 13.1. The highest BCUT2D eigenvalue weighted by Crippen LogP contribution is 2.52. The van der Waals surface area contributed by atoms with Gasteiger partial charge in [-0.15, -0.1) is 0 Å². The average molecular weight is 386 g/mol. The van der Waals surface area contributed by atoms with Crippen molar-refractivity contribution in [2.45, 2.75) is 62.4 Å². The molecule has 2 N–H and O–H groups in total. The van der Waals surface area contributed by atoms with Crippen LogP contribution in [0.1, 0.15) is 57.1 Å². The molecule has 4 fully saturated rings. The van der Waals surface area contributed by atoms with Gasteiger partial charge in [0.25, 0.3) is 0 Å². The Balaban J connectivity index is 1.42. The first-order chi connectivity index (χ1) is 13.1. The van der Waals surface area contributed by atoms with E-state index in [2.05, 4.69) is 39.1 Å². The average Bonchev–Trinajstić information content (AvgIpc) is 3.37. The van der Waals surface area contributed by atoms with E-state index in [1.54, 1.807) is 11.8 Å². The van der Waals surface area contributed by atoms with Crippen LogP contribution in [0.4, 0.5) is 0 Å². The van der Waals surface area contributed by atoms with Crippen LogP contribution in [0.5, 0.6) is 0 Å². The number of aromatic nitrogens is 2. The highest BCUT2D eigenvalue weighted by Gasteiger charge is 2.54. The summed E-state index contributed by atoms with van der Waals surface area (Å²) in [6.07, 6.45) is 11.9. The Labute approximate surface area is 166 Å². The van der Waals surface area contributed by atoms with Gasteiger partial charge in [-0.05, 0) is 63.6 Å². The van der Waals surface area contributed by atoms with Gasteiger partial charge in [0, 0.05) is 36.2 Å². The number of allylic oxidation sites excluding steroid dienone is 1. The first-order valence-corrected chi connectivity index (χ1v) is 11.0. The summed E-state index contributed by atoms with van der Waals surface area (Å²) in [7, 11) is 2.04. The summed E-state index contributed by atoms with van der Waals surface area (Å²) in [5.41, 5.74) is 1.72. The maximum Gasteiger partial charge on any atom is 0.124 e. The fourth-order valence-corrected chi connectivity index (χ4v) is 5.85. The molecule has 27 heavy (non-hydrogen) atoms. The molecule has 4 aliphatic rings. The van der Waals surface area contributed by atoms with E-state index in [0.29, 0.717) is 17.4 Å². The molecule has 6 heteroatoms. The first-order valence-electron chi connectivity index (χ1n) is 10.2. The van der Waals surface area contributed by atoms with E-state index in [1.165, 1.54) is 44.2 Å². The summed E-state index contributed by atoms with van der Waals surface area (Å²) in [6, 6.07) is 2.82. The van der Waals surface area contributed by atoms with E-state index in [0.717, 1.165) is 29.0 Å². The molecule has 2 saturated carbocycles. The van der Waals surface area contributed by atoms with E-state index >= 15 is 0 Å². The number of H-pyrrole nitrogens is 1. The molecule has 0 radical (unpaired) electrons. The number of hydrogen-bond donors (Lipinski definition) is 2. The third-order valence-corrected chi connectivity index (χ3v) is 7.15. The van der Waals surface area contributed by atoms with Crippen LogP contribution in [-0.2, 0) is 0 Å². The normalized spacial score (nSPS) is 28.3. The second kappa shape index (κ2) is 7.84. The molecule has 2 aliphatic heterocycles. The summed E-state index contributed by atoms with van der Waals surface area (Å²) in [6.45, 7) is 8.47. The molecular weight excluding hydrogens is 354 g/mol. The van der Waals surface area contributed by atoms with E-state index in [1.807, 2.05) is 20.0 Å². The largest absolute Gasteiger partial charge is 0.353 e. The van der Waals surface area contributed by atoms with Gasteiger partial charge < -0.3 is 10.2 Å². The minimum absolute atomic E-state index is 0.435. The van der Waals surface area contributed by atoms with Crippen LogP contribution in [0.15, 0.2) is 40.6 Å². The van der Waals surface area contributed by atoms with Crippen LogP contribution in [0.2, 0.25) is 0 Å². The van der Waals surface area contributed by atoms with Gasteiger partial charge in [-0.1, -0.05) is 25.5 Å². The Kier molecular flexibility index (Phi) is 5.46. The fraction of sp³-hybridized carbons (Fsp3) is 0.619. The topological polar surface area (TPSA) is 56.3 Å². The van der Waals surface area contributed by atoms with Crippen molar-refractivity contribution in [3.63, 3.8) is 0 Å². The van der Waals surface area contributed by atoms with Crippen molar-refractivity contribution in [3.05, 3.63) is 36.3 Å². The quantitative estimate of drug-likeness (QED) is 0.418. The van der Waals surface area contributed by atoms with Crippen molar-refractivity contribution in [2.24, 2.45) is 10.4 Å². The van der Waals surface area contributed by atoms with Crippen LogP contribution in [0, 0.1) is 5.41 Å². The molecule has 0 aromatic carbocycles. The van der Waals surface area contributed by atoms with Gasteiger partial charge in [0.15, 0.2) is 0 Å². The zero-order valence-electron chi connectivity index (χ0n) is 16.5. The Hall–Kier alpha value is -1.53. The number of hydrogen-bond acceptors (Lipinski definition) is 5. The van der Waals surface area contributed by atoms with E-state index < -0.39 is 0 Å². The lowest BCUT2D eigenvalue weighted by Gasteiger charge is -2.36. The first kappa shape index (κ1) is 18.8. The molecule has 0 atom stereocenters. The standard InChI is InChI=1S/C21H31N5S/c1-4-7-19(27-20-10-18(24-25-20)16-8-5-6-9-16)23-15(2)26-14-21(13-22-3)11-17(26)12-21/h4,7,10,16-17,22H,2,5-6,8-9,11-14H2,1,3H3,(H,24,25)/b7-4-,23-19+. The Morgan fingerprint density at radius 3 is 2.96 bits per heavy atom. The van der Waals surface area contributed by atoms with E-state index in [9.17, 15) is 0 Å². The van der Waals surface area contributed by atoms with Crippen LogP contribution in [0.25, 0.3) is 0 Å². The number of nitrogens with one attached hydrogen (secondary N) is 2. The van der Waals surface area contributed by atoms with Crippen LogP contribution in [0.3, 0.4) is 0 Å². The van der Waals surface area contributed by atoms with Crippen LogP contribution in [-0.4, -0.2) is 46.3 Å². The summed E-state index contributed by atoms with van der Waals surface area (Å²) < 4.78 is 0. The van der Waals surface area contributed by atoms with Crippen molar-refractivity contribution in [2.75, 3.05) is 20.1 Å². The molecule has 0 amide bonds. The summed E-state index contributed by atoms with van der Waals surface area (Å²) >= 11 is 1.63. The van der Waals surface area contributed by atoms with E-state index in [-0.39, 0.29) is 0 Å². The molecule has 1 aromatic rings. The highest BCUT2D eigenvalue weighted by molar-refractivity contribution is 8.14. The van der Waals surface area contributed by atoms with Gasteiger partial charge >= 0.3 is 0 Å². The minimum Gasteiger partial charge on any atom is -0.353 e. The summed E-state index contributed by atoms with van der Waals surface area (Å²) in [5.74, 6) is 1.55. The Bertz CT molecular complexity index is 738. The lowest BCUT2D eigenvalue weighted by molar-refractivity contribution is 0.183. The zero-order valence-corrected chi connectivity index (χ0v) is 17.3. The molecule has 146 valence electrons. The Morgan fingerprint density at radius 1 is 1.48 bits per heavy atom. The number of fused-ring (bicyclic) bond motifs is 1. The van der Waals surface area contributed by atoms with Crippen LogP contribution >= 0.6 is 11.8 Å². The molecule has 1 aromatic heterocycles. The maximum atomic E-state index is 4.87. The van der Waals surface area contributed by atoms with Crippen molar-refractivity contribution in [3.8, 4) is 0 Å². The van der Waals surface area contributed by atoms with Gasteiger partial charge in [-0.2, -0.15) is 5.10 Å². The number of nitrogens with zero attached hydrogens (tertiary/aromatic N) is 3. The smallest absolute Gasteiger partial charge is 0.124 e. The number of rotatable bonds is 7. The van der Waals surface area contributed by atoms with Crippen molar-refractivity contribution in [1.29, 1.82) is 0 Å². The lowest BCUT2D eigenvalue weighted by Crippen LogP contribution is -2.41. The van der Waals surface area contributed by atoms with Crippen molar-refractivity contribution < 1.29 is 0 Å². The number of aromatic amines is 1. The molecule has 5 rings (SSSR count). The van der Waals surface area contributed by atoms with Crippen molar-refractivity contribution >= 4 is 16.8 Å². The molecule has 0 spiro atoms. The summed E-state index contributed by atoms with van der Waals surface area (Å²) in [4.78, 5) is 7.27. The monoisotopic (exact) mass is 385 g/mol. The molecule has 0 unspecified atom stereocenters. The number of thioether (sulfide) groups is 1. The molecule has 2 aliphatic carbocycles. The van der Waals surface area contributed by atoms with Crippen molar-refractivity contribution in [1.82, 2.24) is 20.4 Å². The van der Waals surface area contributed by atoms with Crippen LogP contribution < -0.4 is 5.32 Å². The van der Waals surface area contributed by atoms with Gasteiger partial charge in [-0.3, -0.25) is 5.10 Å². The highest BCUT2D eigenvalue weighted by atomic mass is 32.2. The minimum atomic E-state index is 0.435. The lowest BCUT2D eigenvalue weighted by atomic mass is 9.70. The van der Waals surface area contributed by atoms with Gasteiger partial charge in [0.05, 0.1) is 0 Å². The van der Waals surface area contributed by atoms with E-state index in [4.69, 9.17) is 4.99 Å². The van der Waals surface area contributed by atoms with Gasteiger partial charge in [-0.25, -0.2) is 4.99 Å². The molecule has 5 nitrogen and oxygen atoms in total. The predicted molar refractivity (Wildman–Crippen MR) is 113 cm³/mol. The maximum absolute atomic E-state index is 4.87. The zero-order chi connectivity index (χ0) is 18.9. The second-order valence-corrected chi connectivity index (χ2v) is 9.37. The molecule has 2 bridgehead atoms. The second-order valence-electron chi connectivity index (χ2n) is 8.33. The van der Waals surface area contributed by atoms with Gasteiger partial charge in [0.1, 0.15) is 15.9 Å². The third kappa shape index (κ3) is 3.87. The fourth-order valence-electron chi connectivity index (χ4n) is 5.01. The molecule has 2 saturated heterocycles. The molecule has 3 heterocycles.